The molecule has 0 aromatic heterocycles. The maximum absolute atomic E-state index is 2.27. The first-order valence-corrected chi connectivity index (χ1v) is 4.45. The van der Waals surface area contributed by atoms with Crippen LogP contribution in [0.1, 0.15) is 32.6 Å². The number of hydrogen-bond acceptors (Lipinski definition) is 0. The van der Waals surface area contributed by atoms with Crippen LogP contribution in [0.2, 0.25) is 0 Å². The van der Waals surface area contributed by atoms with Crippen molar-refractivity contribution in [3.63, 3.8) is 0 Å². The summed E-state index contributed by atoms with van der Waals surface area (Å²) in [5.41, 5.74) is 1.46. The van der Waals surface area contributed by atoms with E-state index in [4.69, 9.17) is 0 Å². The normalized spacial score (nSPS) is 17.4. The molecule has 1 aliphatic carbocycles. The van der Waals surface area contributed by atoms with Gasteiger partial charge in [-0.15, -0.1) is 0 Å². The van der Waals surface area contributed by atoms with Crippen LogP contribution < -0.4 is 0 Å². The van der Waals surface area contributed by atoms with Crippen molar-refractivity contribution >= 4 is 0 Å². The van der Waals surface area contributed by atoms with E-state index in [2.05, 4.69) is 37.3 Å². The zero-order valence-corrected chi connectivity index (χ0v) is 7.22. The van der Waals surface area contributed by atoms with E-state index in [0.717, 1.165) is 0 Å². The third-order valence-corrected chi connectivity index (χ3v) is 1.82. The Kier molecular flexibility index (Phi) is 3.74. The maximum atomic E-state index is 2.27. The molecule has 0 amide bonds. The van der Waals surface area contributed by atoms with E-state index in [1.54, 1.807) is 0 Å². The Bertz CT molecular complexity index is 182. The molecule has 0 unspecified atom stereocenters. The Morgan fingerprint density at radius 2 is 2.09 bits per heavy atom. The van der Waals surface area contributed by atoms with E-state index in [0.29, 0.717) is 0 Å². The van der Waals surface area contributed by atoms with Crippen molar-refractivity contribution in [2.24, 2.45) is 0 Å². The van der Waals surface area contributed by atoms with Crippen molar-refractivity contribution < 1.29 is 0 Å². The minimum absolute atomic E-state index is 1.19. The van der Waals surface area contributed by atoms with E-state index in [9.17, 15) is 0 Å². The minimum atomic E-state index is 1.19. The number of allylic oxidation sites excluding steroid dienone is 6. The summed E-state index contributed by atoms with van der Waals surface area (Å²) in [4.78, 5) is 0. The quantitative estimate of drug-likeness (QED) is 0.561. The Morgan fingerprint density at radius 1 is 1.27 bits per heavy atom. The van der Waals surface area contributed by atoms with Gasteiger partial charge in [-0.3, -0.25) is 0 Å². The summed E-state index contributed by atoms with van der Waals surface area (Å²) < 4.78 is 0. The molecule has 0 radical (unpaired) electrons. The topological polar surface area (TPSA) is 0 Å². The lowest BCUT2D eigenvalue weighted by atomic mass is 10.1. The fourth-order valence-electron chi connectivity index (χ4n) is 1.23. The fourth-order valence-corrected chi connectivity index (χ4v) is 1.23. The SMILES string of the molecule is CCCC1=CC=CCCC=C1. The van der Waals surface area contributed by atoms with Gasteiger partial charge in [-0.05, 0) is 24.8 Å². The van der Waals surface area contributed by atoms with Gasteiger partial charge >= 0.3 is 0 Å². The summed E-state index contributed by atoms with van der Waals surface area (Å²) in [6.45, 7) is 2.22. The number of hydrogen-bond donors (Lipinski definition) is 0. The Balaban J connectivity index is 2.57. The van der Waals surface area contributed by atoms with Crippen LogP contribution in [0.15, 0.2) is 36.0 Å². The van der Waals surface area contributed by atoms with Crippen LogP contribution in [-0.4, -0.2) is 0 Å². The average Bonchev–Trinajstić information content (AvgIpc) is 1.94. The van der Waals surface area contributed by atoms with Gasteiger partial charge in [0.1, 0.15) is 0 Å². The molecule has 0 aliphatic heterocycles. The Labute approximate surface area is 69.3 Å². The first-order valence-electron chi connectivity index (χ1n) is 4.45. The van der Waals surface area contributed by atoms with Crippen molar-refractivity contribution in [2.45, 2.75) is 32.6 Å². The largest absolute Gasteiger partial charge is 0.0842 e. The number of rotatable bonds is 2. The van der Waals surface area contributed by atoms with E-state index in [1.165, 1.54) is 31.3 Å². The molecular formula is C11H16. The fraction of sp³-hybridized carbons (Fsp3) is 0.455. The predicted molar refractivity (Wildman–Crippen MR) is 50.5 cm³/mol. The van der Waals surface area contributed by atoms with Gasteiger partial charge in [-0.25, -0.2) is 0 Å². The molecule has 11 heavy (non-hydrogen) atoms. The second-order valence-electron chi connectivity index (χ2n) is 2.90. The van der Waals surface area contributed by atoms with Gasteiger partial charge in [0.05, 0.1) is 0 Å². The van der Waals surface area contributed by atoms with E-state index >= 15 is 0 Å². The van der Waals surface area contributed by atoms with Crippen molar-refractivity contribution in [1.29, 1.82) is 0 Å². The van der Waals surface area contributed by atoms with Gasteiger partial charge < -0.3 is 0 Å². The molecule has 0 heteroatoms. The molecule has 0 spiro atoms. The van der Waals surface area contributed by atoms with Gasteiger partial charge in [0, 0.05) is 0 Å². The highest BCUT2D eigenvalue weighted by Crippen LogP contribution is 2.10. The van der Waals surface area contributed by atoms with Crippen LogP contribution in [0.4, 0.5) is 0 Å². The van der Waals surface area contributed by atoms with E-state index < -0.39 is 0 Å². The average molecular weight is 148 g/mol. The van der Waals surface area contributed by atoms with Gasteiger partial charge in [0.2, 0.25) is 0 Å². The molecule has 0 atom stereocenters. The van der Waals surface area contributed by atoms with Crippen molar-refractivity contribution in [1.82, 2.24) is 0 Å². The van der Waals surface area contributed by atoms with Crippen molar-refractivity contribution in [3.8, 4) is 0 Å². The van der Waals surface area contributed by atoms with E-state index in [-0.39, 0.29) is 0 Å². The molecule has 0 fully saturated rings. The molecule has 0 saturated heterocycles. The molecule has 1 rings (SSSR count). The van der Waals surface area contributed by atoms with Crippen LogP contribution in [0.5, 0.6) is 0 Å². The molecule has 0 aromatic rings. The summed E-state index contributed by atoms with van der Waals surface area (Å²) >= 11 is 0. The molecule has 0 aromatic carbocycles. The van der Waals surface area contributed by atoms with Gasteiger partial charge in [0.25, 0.3) is 0 Å². The summed E-state index contributed by atoms with van der Waals surface area (Å²) in [5.74, 6) is 0. The smallest absolute Gasteiger partial charge is 0.0282 e. The lowest BCUT2D eigenvalue weighted by Gasteiger charge is -1.99. The minimum Gasteiger partial charge on any atom is -0.0842 e. The molecule has 0 bridgehead atoms. The predicted octanol–water partition coefficient (Wildman–Crippen LogP) is 3.62. The Morgan fingerprint density at radius 3 is 2.91 bits per heavy atom. The molecule has 1 aliphatic rings. The van der Waals surface area contributed by atoms with Crippen LogP contribution in [0.3, 0.4) is 0 Å². The highest BCUT2D eigenvalue weighted by Gasteiger charge is 1.90. The lowest BCUT2D eigenvalue weighted by Crippen LogP contribution is -1.79. The summed E-state index contributed by atoms with van der Waals surface area (Å²) in [6, 6.07) is 0. The molecular weight excluding hydrogens is 132 g/mol. The monoisotopic (exact) mass is 148 g/mol. The summed E-state index contributed by atoms with van der Waals surface area (Å²) in [5, 5.41) is 0. The highest BCUT2D eigenvalue weighted by atomic mass is 14.0. The molecule has 0 N–H and O–H groups in total. The first-order chi connectivity index (χ1) is 5.43. The van der Waals surface area contributed by atoms with Crippen LogP contribution in [-0.2, 0) is 0 Å². The third-order valence-electron chi connectivity index (χ3n) is 1.82. The summed E-state index contributed by atoms with van der Waals surface area (Å²) in [7, 11) is 0. The lowest BCUT2D eigenvalue weighted by molar-refractivity contribution is 0.920. The second kappa shape index (κ2) is 4.95. The van der Waals surface area contributed by atoms with Crippen molar-refractivity contribution in [3.05, 3.63) is 36.0 Å². The molecule has 0 saturated carbocycles. The molecule has 60 valence electrons. The molecule has 0 heterocycles. The van der Waals surface area contributed by atoms with Crippen LogP contribution >= 0.6 is 0 Å². The van der Waals surface area contributed by atoms with Gasteiger partial charge in [-0.1, -0.05) is 43.7 Å². The second-order valence-corrected chi connectivity index (χ2v) is 2.90. The summed E-state index contributed by atoms with van der Waals surface area (Å²) in [6.07, 6.45) is 16.0. The maximum Gasteiger partial charge on any atom is -0.0282 e. The van der Waals surface area contributed by atoms with Crippen LogP contribution in [0, 0.1) is 0 Å². The first kappa shape index (κ1) is 8.32. The molecule has 0 nitrogen and oxygen atoms in total. The van der Waals surface area contributed by atoms with Crippen molar-refractivity contribution in [2.75, 3.05) is 0 Å². The zero-order chi connectivity index (χ0) is 7.94. The highest BCUT2D eigenvalue weighted by molar-refractivity contribution is 5.25. The standard InChI is InChI=1S/C11H16/c1-2-8-11-9-6-4-3-5-7-10-11/h4,6-7,9-10H,2-3,5,8H2,1H3. The van der Waals surface area contributed by atoms with Gasteiger partial charge in [0.15, 0.2) is 0 Å². The van der Waals surface area contributed by atoms with E-state index in [1.807, 2.05) is 0 Å². The van der Waals surface area contributed by atoms with Crippen LogP contribution in [0.25, 0.3) is 0 Å². The third kappa shape index (κ3) is 3.22. The zero-order valence-electron chi connectivity index (χ0n) is 7.22. The van der Waals surface area contributed by atoms with Gasteiger partial charge in [-0.2, -0.15) is 0 Å². The Hall–Kier alpha value is -0.780.